The summed E-state index contributed by atoms with van der Waals surface area (Å²) in [6.07, 6.45) is 3.67. The highest BCUT2D eigenvalue weighted by Crippen LogP contribution is 2.21. The van der Waals surface area contributed by atoms with E-state index in [1.54, 1.807) is 12.4 Å². The molecule has 1 saturated heterocycles. The molecule has 1 aromatic heterocycles. The molecule has 0 bridgehead atoms. The Kier molecular flexibility index (Phi) is 3.56. The van der Waals surface area contributed by atoms with Crippen LogP contribution in [-0.4, -0.2) is 23.9 Å². The van der Waals surface area contributed by atoms with E-state index in [4.69, 9.17) is 11.6 Å². The van der Waals surface area contributed by atoms with E-state index in [1.807, 2.05) is 6.07 Å². The molecule has 1 aliphatic rings. The average Bonchev–Trinajstić information content (AvgIpc) is 2.68. The lowest BCUT2D eigenvalue weighted by molar-refractivity contribution is -0.122. The number of carbonyl (C=O) groups is 1. The van der Waals surface area contributed by atoms with Crippen LogP contribution in [0.15, 0.2) is 18.5 Å². The van der Waals surface area contributed by atoms with E-state index in [2.05, 4.69) is 17.2 Å². The summed E-state index contributed by atoms with van der Waals surface area (Å²) in [6, 6.07) is 1.81. The standard InChI is InChI=1S/C12H15ClN2O/c1-8-5-15-6-10(8)12(16)4-9-2-3-14-7-11(9)13/h2-3,7-8,10,15H,4-6H2,1H3. The first-order valence-electron chi connectivity index (χ1n) is 5.50. The molecule has 0 aliphatic carbocycles. The minimum Gasteiger partial charge on any atom is -0.316 e. The first-order chi connectivity index (χ1) is 7.68. The van der Waals surface area contributed by atoms with Gasteiger partial charge in [-0.25, -0.2) is 0 Å². The molecule has 4 heteroatoms. The molecule has 0 amide bonds. The number of nitrogens with one attached hydrogen (secondary N) is 1. The van der Waals surface area contributed by atoms with E-state index in [9.17, 15) is 4.79 Å². The number of pyridine rings is 1. The van der Waals surface area contributed by atoms with Gasteiger partial charge in [-0.1, -0.05) is 18.5 Å². The molecule has 1 aliphatic heterocycles. The van der Waals surface area contributed by atoms with Crippen LogP contribution in [0.5, 0.6) is 0 Å². The van der Waals surface area contributed by atoms with Crippen molar-refractivity contribution in [2.45, 2.75) is 13.3 Å². The van der Waals surface area contributed by atoms with Crippen molar-refractivity contribution in [3.63, 3.8) is 0 Å². The van der Waals surface area contributed by atoms with Crippen molar-refractivity contribution in [2.24, 2.45) is 11.8 Å². The Morgan fingerprint density at radius 3 is 3.06 bits per heavy atom. The van der Waals surface area contributed by atoms with Gasteiger partial charge in [0.2, 0.25) is 0 Å². The van der Waals surface area contributed by atoms with Crippen LogP contribution in [0.2, 0.25) is 5.02 Å². The molecule has 0 saturated carbocycles. The molecular weight excluding hydrogens is 224 g/mol. The predicted octanol–water partition coefficient (Wildman–Crippen LogP) is 1.70. The van der Waals surface area contributed by atoms with Crippen LogP contribution < -0.4 is 5.32 Å². The van der Waals surface area contributed by atoms with E-state index in [0.29, 0.717) is 17.4 Å². The lowest BCUT2D eigenvalue weighted by Crippen LogP contribution is -2.23. The molecule has 3 nitrogen and oxygen atoms in total. The lowest BCUT2D eigenvalue weighted by Gasteiger charge is -2.12. The van der Waals surface area contributed by atoms with Crippen LogP contribution in [0.3, 0.4) is 0 Å². The number of ketones is 1. The van der Waals surface area contributed by atoms with Gasteiger partial charge in [0.15, 0.2) is 0 Å². The van der Waals surface area contributed by atoms with Gasteiger partial charge in [0.05, 0.1) is 5.02 Å². The van der Waals surface area contributed by atoms with Gasteiger partial charge in [-0.15, -0.1) is 0 Å². The van der Waals surface area contributed by atoms with Crippen LogP contribution in [0.1, 0.15) is 12.5 Å². The third-order valence-corrected chi connectivity index (χ3v) is 3.49. The molecule has 86 valence electrons. The van der Waals surface area contributed by atoms with Crippen LogP contribution >= 0.6 is 11.6 Å². The molecule has 1 fully saturated rings. The van der Waals surface area contributed by atoms with Gasteiger partial charge in [0.25, 0.3) is 0 Å². The second-order valence-corrected chi connectivity index (χ2v) is 4.76. The summed E-state index contributed by atoms with van der Waals surface area (Å²) in [7, 11) is 0. The third-order valence-electron chi connectivity index (χ3n) is 3.15. The number of hydrogen-bond donors (Lipinski definition) is 1. The SMILES string of the molecule is CC1CNCC1C(=O)Cc1ccncc1Cl. The van der Waals surface area contributed by atoms with Crippen molar-refractivity contribution in [1.29, 1.82) is 0 Å². The molecule has 2 atom stereocenters. The largest absolute Gasteiger partial charge is 0.316 e. The molecule has 2 heterocycles. The predicted molar refractivity (Wildman–Crippen MR) is 63.5 cm³/mol. The van der Waals surface area contributed by atoms with E-state index in [1.165, 1.54) is 0 Å². The molecule has 1 aromatic rings. The number of Topliss-reactive ketones (excluding diaryl/α,β-unsaturated/α-hetero) is 1. The van der Waals surface area contributed by atoms with E-state index >= 15 is 0 Å². The lowest BCUT2D eigenvalue weighted by atomic mass is 9.90. The summed E-state index contributed by atoms with van der Waals surface area (Å²) in [4.78, 5) is 16.0. The molecule has 1 N–H and O–H groups in total. The van der Waals surface area contributed by atoms with Gasteiger partial charge < -0.3 is 5.32 Å². The Hall–Kier alpha value is -0.930. The second-order valence-electron chi connectivity index (χ2n) is 4.35. The average molecular weight is 239 g/mol. The second kappa shape index (κ2) is 4.93. The van der Waals surface area contributed by atoms with Gasteiger partial charge in [-0.2, -0.15) is 0 Å². The maximum Gasteiger partial charge on any atom is 0.141 e. The van der Waals surface area contributed by atoms with Crippen molar-refractivity contribution in [3.05, 3.63) is 29.0 Å². The number of rotatable bonds is 3. The molecule has 0 radical (unpaired) electrons. The molecule has 0 aromatic carbocycles. The van der Waals surface area contributed by atoms with Gasteiger partial charge in [0, 0.05) is 31.3 Å². The Bertz CT molecular complexity index is 394. The fourth-order valence-corrected chi connectivity index (χ4v) is 2.29. The molecule has 0 spiro atoms. The fourth-order valence-electron chi connectivity index (χ4n) is 2.11. The summed E-state index contributed by atoms with van der Waals surface area (Å²) in [5, 5.41) is 3.82. The normalized spacial score (nSPS) is 24.6. The topological polar surface area (TPSA) is 42.0 Å². The Morgan fingerprint density at radius 1 is 1.62 bits per heavy atom. The minimum atomic E-state index is 0.129. The Labute approximate surface area is 100 Å². The zero-order valence-electron chi connectivity index (χ0n) is 9.24. The van der Waals surface area contributed by atoms with Crippen LogP contribution in [-0.2, 0) is 11.2 Å². The summed E-state index contributed by atoms with van der Waals surface area (Å²) in [6.45, 7) is 3.83. The van der Waals surface area contributed by atoms with Crippen molar-refractivity contribution in [2.75, 3.05) is 13.1 Å². The zero-order chi connectivity index (χ0) is 11.5. The van der Waals surface area contributed by atoms with Crippen molar-refractivity contribution < 1.29 is 4.79 Å². The van der Waals surface area contributed by atoms with E-state index in [-0.39, 0.29) is 11.7 Å². The van der Waals surface area contributed by atoms with Crippen LogP contribution in [0.25, 0.3) is 0 Å². The summed E-state index contributed by atoms with van der Waals surface area (Å²) in [5.74, 6) is 0.822. The van der Waals surface area contributed by atoms with Gasteiger partial charge in [-0.05, 0) is 24.1 Å². The van der Waals surface area contributed by atoms with Gasteiger partial charge in [0.1, 0.15) is 5.78 Å². The third kappa shape index (κ3) is 2.42. The minimum absolute atomic E-state index is 0.129. The van der Waals surface area contributed by atoms with Crippen LogP contribution in [0.4, 0.5) is 0 Å². The highest BCUT2D eigenvalue weighted by atomic mass is 35.5. The number of halogens is 1. The smallest absolute Gasteiger partial charge is 0.141 e. The number of carbonyl (C=O) groups excluding carboxylic acids is 1. The highest BCUT2D eigenvalue weighted by molar-refractivity contribution is 6.31. The highest BCUT2D eigenvalue weighted by Gasteiger charge is 2.29. The number of nitrogens with zero attached hydrogens (tertiary/aromatic N) is 1. The maximum absolute atomic E-state index is 12.1. The molecule has 2 rings (SSSR count). The van der Waals surface area contributed by atoms with Gasteiger partial charge in [-0.3, -0.25) is 9.78 Å². The fraction of sp³-hybridized carbons (Fsp3) is 0.500. The molecular formula is C12H15ClN2O. The van der Waals surface area contributed by atoms with Crippen molar-refractivity contribution in [1.82, 2.24) is 10.3 Å². The summed E-state index contributed by atoms with van der Waals surface area (Å²) in [5.41, 5.74) is 0.876. The first kappa shape index (κ1) is 11.6. The summed E-state index contributed by atoms with van der Waals surface area (Å²) >= 11 is 5.98. The van der Waals surface area contributed by atoms with E-state index < -0.39 is 0 Å². The Balaban J connectivity index is 2.05. The molecule has 2 unspecified atom stereocenters. The Morgan fingerprint density at radius 2 is 2.44 bits per heavy atom. The van der Waals surface area contributed by atoms with Gasteiger partial charge >= 0.3 is 0 Å². The number of aromatic nitrogens is 1. The summed E-state index contributed by atoms with van der Waals surface area (Å²) < 4.78 is 0. The van der Waals surface area contributed by atoms with E-state index in [0.717, 1.165) is 18.7 Å². The zero-order valence-corrected chi connectivity index (χ0v) is 10.00. The van der Waals surface area contributed by atoms with Crippen molar-refractivity contribution in [3.8, 4) is 0 Å². The maximum atomic E-state index is 12.1. The van der Waals surface area contributed by atoms with Crippen molar-refractivity contribution >= 4 is 17.4 Å². The first-order valence-corrected chi connectivity index (χ1v) is 5.88. The molecule has 16 heavy (non-hydrogen) atoms. The quantitative estimate of drug-likeness (QED) is 0.872. The van der Waals surface area contributed by atoms with Crippen LogP contribution in [0, 0.1) is 11.8 Å². The number of hydrogen-bond acceptors (Lipinski definition) is 3. The monoisotopic (exact) mass is 238 g/mol.